The SMILES string of the molecule is COc1ccc2c(c1)N(C)C1CCNCC1C2C(=O)O. The maximum atomic E-state index is 11.8. The van der Waals surface area contributed by atoms with Gasteiger partial charge in [-0.2, -0.15) is 0 Å². The van der Waals surface area contributed by atoms with Gasteiger partial charge in [-0.15, -0.1) is 0 Å². The highest BCUT2D eigenvalue weighted by molar-refractivity contribution is 5.81. The van der Waals surface area contributed by atoms with E-state index in [0.717, 1.165) is 36.5 Å². The number of rotatable bonds is 2. The van der Waals surface area contributed by atoms with Gasteiger partial charge in [0.2, 0.25) is 0 Å². The third-order valence-electron chi connectivity index (χ3n) is 4.64. The average Bonchev–Trinajstić information content (AvgIpc) is 2.47. The van der Waals surface area contributed by atoms with E-state index in [9.17, 15) is 9.90 Å². The predicted octanol–water partition coefficient (Wildman–Crippen LogP) is 1.29. The molecular weight excluding hydrogens is 256 g/mol. The molecule has 2 N–H and O–H groups in total. The van der Waals surface area contributed by atoms with Crippen LogP contribution in [0.1, 0.15) is 17.9 Å². The van der Waals surface area contributed by atoms with Crippen molar-refractivity contribution < 1.29 is 14.6 Å². The second kappa shape index (κ2) is 4.98. The lowest BCUT2D eigenvalue weighted by molar-refractivity contribution is -0.140. The molecule has 3 unspecified atom stereocenters. The van der Waals surface area contributed by atoms with Crippen LogP contribution in [0, 0.1) is 5.92 Å². The highest BCUT2D eigenvalue weighted by Crippen LogP contribution is 2.44. The maximum Gasteiger partial charge on any atom is 0.311 e. The molecule has 0 radical (unpaired) electrons. The normalized spacial score (nSPS) is 28.5. The molecule has 5 nitrogen and oxygen atoms in total. The fourth-order valence-corrected chi connectivity index (χ4v) is 3.63. The van der Waals surface area contributed by atoms with Crippen LogP contribution < -0.4 is 15.0 Å². The lowest BCUT2D eigenvalue weighted by Crippen LogP contribution is -2.54. The Kier molecular flexibility index (Phi) is 3.30. The minimum atomic E-state index is -0.733. The molecule has 5 heteroatoms. The zero-order valence-corrected chi connectivity index (χ0v) is 11.8. The number of piperidine rings is 1. The lowest BCUT2D eigenvalue weighted by Gasteiger charge is -2.47. The van der Waals surface area contributed by atoms with E-state index in [1.807, 2.05) is 18.2 Å². The van der Waals surface area contributed by atoms with Crippen molar-refractivity contribution in [3.63, 3.8) is 0 Å². The summed E-state index contributed by atoms with van der Waals surface area (Å²) in [5, 5.41) is 13.0. The van der Waals surface area contributed by atoms with E-state index < -0.39 is 11.9 Å². The Morgan fingerprint density at radius 1 is 1.50 bits per heavy atom. The highest BCUT2D eigenvalue weighted by Gasteiger charge is 2.44. The summed E-state index contributed by atoms with van der Waals surface area (Å²) >= 11 is 0. The van der Waals surface area contributed by atoms with Crippen LogP contribution in [0.15, 0.2) is 18.2 Å². The first kappa shape index (κ1) is 13.2. The molecule has 2 aliphatic rings. The number of ether oxygens (including phenoxy) is 1. The number of nitrogens with one attached hydrogen (secondary N) is 1. The van der Waals surface area contributed by atoms with Gasteiger partial charge in [-0.1, -0.05) is 6.07 Å². The van der Waals surface area contributed by atoms with E-state index in [0.29, 0.717) is 0 Å². The summed E-state index contributed by atoms with van der Waals surface area (Å²) in [6.45, 7) is 1.70. The molecule has 0 aromatic heterocycles. The lowest BCUT2D eigenvalue weighted by atomic mass is 9.74. The summed E-state index contributed by atoms with van der Waals surface area (Å²) < 4.78 is 5.27. The molecule has 3 rings (SSSR count). The number of carbonyl (C=O) groups is 1. The van der Waals surface area contributed by atoms with Crippen LogP contribution in [0.3, 0.4) is 0 Å². The molecule has 2 aliphatic heterocycles. The molecule has 0 saturated carbocycles. The minimum absolute atomic E-state index is 0.118. The van der Waals surface area contributed by atoms with Crippen molar-refractivity contribution in [3.05, 3.63) is 23.8 Å². The van der Waals surface area contributed by atoms with Crippen LogP contribution in [0.25, 0.3) is 0 Å². The monoisotopic (exact) mass is 276 g/mol. The Bertz CT molecular complexity index is 532. The van der Waals surface area contributed by atoms with Gasteiger partial charge in [0.15, 0.2) is 0 Å². The molecule has 0 bridgehead atoms. The Morgan fingerprint density at radius 3 is 3.00 bits per heavy atom. The molecule has 2 heterocycles. The van der Waals surface area contributed by atoms with Crippen LogP contribution in [0.2, 0.25) is 0 Å². The molecule has 0 aliphatic carbocycles. The van der Waals surface area contributed by atoms with Gasteiger partial charge in [0.25, 0.3) is 0 Å². The number of aliphatic carboxylic acids is 1. The number of carboxylic acid groups (broad SMARTS) is 1. The van der Waals surface area contributed by atoms with E-state index in [-0.39, 0.29) is 12.0 Å². The number of nitrogens with zero attached hydrogens (tertiary/aromatic N) is 1. The summed E-state index contributed by atoms with van der Waals surface area (Å²) in [6, 6.07) is 5.97. The van der Waals surface area contributed by atoms with E-state index in [1.165, 1.54) is 0 Å². The second-order valence-electron chi connectivity index (χ2n) is 5.58. The van der Waals surface area contributed by atoms with Crippen molar-refractivity contribution in [2.45, 2.75) is 18.4 Å². The summed E-state index contributed by atoms with van der Waals surface area (Å²) in [7, 11) is 3.69. The Morgan fingerprint density at radius 2 is 2.30 bits per heavy atom. The van der Waals surface area contributed by atoms with Crippen LogP contribution in [-0.2, 0) is 4.79 Å². The molecule has 108 valence electrons. The largest absolute Gasteiger partial charge is 0.497 e. The van der Waals surface area contributed by atoms with Crippen LogP contribution in [0.5, 0.6) is 5.75 Å². The number of fused-ring (bicyclic) bond motifs is 2. The summed E-state index contributed by atoms with van der Waals surface area (Å²) in [5.74, 6) is -0.285. The van der Waals surface area contributed by atoms with Crippen molar-refractivity contribution in [3.8, 4) is 5.75 Å². The van der Waals surface area contributed by atoms with Gasteiger partial charge in [0.1, 0.15) is 5.75 Å². The van der Waals surface area contributed by atoms with Crippen LogP contribution in [-0.4, -0.2) is 44.4 Å². The molecular formula is C15H20N2O3. The quantitative estimate of drug-likeness (QED) is 0.852. The zero-order valence-electron chi connectivity index (χ0n) is 11.8. The Labute approximate surface area is 118 Å². The molecule has 0 amide bonds. The smallest absolute Gasteiger partial charge is 0.311 e. The Hall–Kier alpha value is -1.75. The van der Waals surface area contributed by atoms with Crippen molar-refractivity contribution in [1.82, 2.24) is 5.32 Å². The summed E-state index contributed by atoms with van der Waals surface area (Å²) in [4.78, 5) is 14.0. The number of methoxy groups -OCH3 is 1. The molecule has 3 atom stereocenters. The van der Waals surface area contributed by atoms with Crippen molar-refractivity contribution in [1.29, 1.82) is 0 Å². The van der Waals surface area contributed by atoms with E-state index in [1.54, 1.807) is 7.11 Å². The molecule has 1 saturated heterocycles. The van der Waals surface area contributed by atoms with Gasteiger partial charge in [-0.05, 0) is 24.6 Å². The van der Waals surface area contributed by atoms with E-state index in [2.05, 4.69) is 17.3 Å². The predicted molar refractivity (Wildman–Crippen MR) is 76.5 cm³/mol. The van der Waals surface area contributed by atoms with Gasteiger partial charge < -0.3 is 20.1 Å². The average molecular weight is 276 g/mol. The van der Waals surface area contributed by atoms with Crippen molar-refractivity contribution >= 4 is 11.7 Å². The molecule has 1 fully saturated rings. The van der Waals surface area contributed by atoms with E-state index >= 15 is 0 Å². The number of benzene rings is 1. The van der Waals surface area contributed by atoms with Crippen molar-refractivity contribution in [2.24, 2.45) is 5.92 Å². The van der Waals surface area contributed by atoms with Gasteiger partial charge in [-0.3, -0.25) is 4.79 Å². The number of carboxylic acids is 1. The fourth-order valence-electron chi connectivity index (χ4n) is 3.63. The molecule has 1 aromatic carbocycles. The first-order chi connectivity index (χ1) is 9.63. The molecule has 0 spiro atoms. The Balaban J connectivity index is 2.11. The highest BCUT2D eigenvalue weighted by atomic mass is 16.5. The van der Waals surface area contributed by atoms with Crippen molar-refractivity contribution in [2.75, 3.05) is 32.1 Å². The number of anilines is 1. The number of hydrogen-bond acceptors (Lipinski definition) is 4. The standard InChI is InChI=1S/C15H20N2O3/c1-17-12-5-6-16-8-11(12)14(15(18)19)10-4-3-9(20-2)7-13(10)17/h3-4,7,11-12,14,16H,5-6,8H2,1-2H3,(H,18,19). The fraction of sp³-hybridized carbons (Fsp3) is 0.533. The third-order valence-corrected chi connectivity index (χ3v) is 4.64. The second-order valence-corrected chi connectivity index (χ2v) is 5.58. The minimum Gasteiger partial charge on any atom is -0.497 e. The van der Waals surface area contributed by atoms with E-state index in [4.69, 9.17) is 4.74 Å². The van der Waals surface area contributed by atoms with Gasteiger partial charge >= 0.3 is 5.97 Å². The van der Waals surface area contributed by atoms with Gasteiger partial charge in [-0.25, -0.2) is 0 Å². The molecule has 1 aromatic rings. The first-order valence-corrected chi connectivity index (χ1v) is 6.97. The first-order valence-electron chi connectivity index (χ1n) is 6.97. The van der Waals surface area contributed by atoms with Crippen LogP contribution >= 0.6 is 0 Å². The summed E-state index contributed by atoms with van der Waals surface area (Å²) in [5.41, 5.74) is 1.88. The third kappa shape index (κ3) is 1.93. The summed E-state index contributed by atoms with van der Waals surface area (Å²) in [6.07, 6.45) is 0.974. The van der Waals surface area contributed by atoms with Gasteiger partial charge in [0.05, 0.1) is 13.0 Å². The number of hydrogen-bond donors (Lipinski definition) is 2. The van der Waals surface area contributed by atoms with Crippen LogP contribution in [0.4, 0.5) is 5.69 Å². The molecule has 20 heavy (non-hydrogen) atoms. The maximum absolute atomic E-state index is 11.8. The van der Waals surface area contributed by atoms with Gasteiger partial charge in [0, 0.05) is 37.3 Å². The zero-order chi connectivity index (χ0) is 14.3. The topological polar surface area (TPSA) is 61.8 Å².